The maximum atomic E-state index is 14.2. The Labute approximate surface area is 223 Å². The van der Waals surface area contributed by atoms with Crippen molar-refractivity contribution in [2.45, 2.75) is 51.2 Å². The molecule has 36 heavy (non-hydrogen) atoms. The minimum absolute atomic E-state index is 0.139. The normalized spacial score (nSPS) is 19.9. The van der Waals surface area contributed by atoms with Crippen molar-refractivity contribution in [2.24, 2.45) is 0 Å². The minimum atomic E-state index is -0.230. The molecule has 0 spiro atoms. The number of anilines is 2. The van der Waals surface area contributed by atoms with Crippen molar-refractivity contribution in [2.75, 3.05) is 42.9 Å². The molecule has 1 atom stereocenters. The molecule has 1 amide bonds. The highest BCUT2D eigenvalue weighted by molar-refractivity contribution is 6.33. The fourth-order valence-corrected chi connectivity index (χ4v) is 5.73. The van der Waals surface area contributed by atoms with Crippen molar-refractivity contribution in [3.8, 4) is 0 Å². The highest BCUT2D eigenvalue weighted by Gasteiger charge is 2.34. The molecule has 1 aromatic carbocycles. The van der Waals surface area contributed by atoms with Crippen LogP contribution in [0.15, 0.2) is 43.1 Å². The molecule has 2 aliphatic rings. The molecule has 4 rings (SSSR count). The van der Waals surface area contributed by atoms with Gasteiger partial charge in [-0.05, 0) is 50.6 Å². The van der Waals surface area contributed by atoms with Crippen LogP contribution in [0.4, 0.5) is 15.9 Å². The summed E-state index contributed by atoms with van der Waals surface area (Å²) in [6.45, 7) is 11.0. The molecule has 9 heteroatoms. The number of hydrogen-bond acceptors (Lipinski definition) is 5. The van der Waals surface area contributed by atoms with E-state index in [0.29, 0.717) is 39.9 Å². The van der Waals surface area contributed by atoms with Crippen LogP contribution < -0.4 is 10.2 Å². The first-order chi connectivity index (χ1) is 17.4. The summed E-state index contributed by atoms with van der Waals surface area (Å²) in [5.74, 6) is 0.391. The van der Waals surface area contributed by atoms with Gasteiger partial charge in [0.1, 0.15) is 11.6 Å². The molecule has 1 N–H and O–H groups in total. The van der Waals surface area contributed by atoms with E-state index in [-0.39, 0.29) is 18.1 Å². The fourth-order valence-electron chi connectivity index (χ4n) is 5.28. The van der Waals surface area contributed by atoms with Crippen LogP contribution in [0.3, 0.4) is 0 Å². The Morgan fingerprint density at radius 2 is 2.00 bits per heavy atom. The van der Waals surface area contributed by atoms with Crippen LogP contribution in [0.25, 0.3) is 0 Å². The summed E-state index contributed by atoms with van der Waals surface area (Å²) in [7, 11) is 0. The Morgan fingerprint density at radius 3 is 2.67 bits per heavy atom. The van der Waals surface area contributed by atoms with Crippen molar-refractivity contribution in [3.63, 3.8) is 0 Å². The number of carbonyl (C=O) groups excluding carboxylic acids is 1. The van der Waals surface area contributed by atoms with Crippen molar-refractivity contribution >= 4 is 40.6 Å². The number of aromatic nitrogens is 1. The van der Waals surface area contributed by atoms with Crippen molar-refractivity contribution in [1.82, 2.24) is 14.8 Å². The summed E-state index contributed by atoms with van der Waals surface area (Å²) in [5, 5.41) is 3.77. The van der Waals surface area contributed by atoms with Gasteiger partial charge in [0.15, 0.2) is 0 Å². The lowest BCUT2D eigenvalue weighted by molar-refractivity contribution is -0.115. The molecule has 6 nitrogen and oxygen atoms in total. The van der Waals surface area contributed by atoms with Gasteiger partial charge in [-0.25, -0.2) is 9.37 Å². The zero-order valence-electron chi connectivity index (χ0n) is 20.7. The third-order valence-electron chi connectivity index (χ3n) is 7.17. The number of piperazine rings is 1. The number of likely N-dealkylation sites (tertiary alicyclic amines) is 1. The first-order valence-electron chi connectivity index (χ1n) is 12.6. The second-order valence-corrected chi connectivity index (χ2v) is 10.4. The van der Waals surface area contributed by atoms with E-state index >= 15 is 0 Å². The lowest BCUT2D eigenvalue weighted by Crippen LogP contribution is -2.58. The van der Waals surface area contributed by atoms with E-state index in [4.69, 9.17) is 23.2 Å². The molecule has 0 bridgehead atoms. The van der Waals surface area contributed by atoms with Crippen LogP contribution in [0.1, 0.15) is 38.2 Å². The first kappa shape index (κ1) is 26.9. The number of amides is 1. The van der Waals surface area contributed by atoms with Crippen LogP contribution in [0.2, 0.25) is 10.0 Å². The summed E-state index contributed by atoms with van der Waals surface area (Å²) >= 11 is 12.5. The number of carbonyl (C=O) groups is 1. The van der Waals surface area contributed by atoms with E-state index in [0.717, 1.165) is 57.8 Å². The number of hydrogen-bond donors (Lipinski definition) is 1. The third-order valence-corrected chi connectivity index (χ3v) is 7.68. The number of rotatable bonds is 8. The third kappa shape index (κ3) is 6.57. The van der Waals surface area contributed by atoms with Crippen LogP contribution >= 0.6 is 23.2 Å². The standard InChI is InChI=1S/C27H34Cl2FN5O/c1-3-5-26(36)32-21-15-24(29)27(31-16-21)34-12-13-35(22(4-2)18-34)23-8-10-33(11-9-23)17-19-6-7-20(28)14-25(19)30/h3,6-7,14-16,22-23H,1,4-5,8-13,17-18H2,2H3,(H,32,36)/t22-/m0/s1. The number of nitrogens with one attached hydrogen (secondary N) is 1. The maximum absolute atomic E-state index is 14.2. The Morgan fingerprint density at radius 1 is 1.22 bits per heavy atom. The van der Waals surface area contributed by atoms with E-state index in [1.165, 1.54) is 6.07 Å². The summed E-state index contributed by atoms with van der Waals surface area (Å²) in [6.07, 6.45) is 6.66. The molecule has 0 saturated carbocycles. The van der Waals surface area contributed by atoms with Gasteiger partial charge in [0.25, 0.3) is 0 Å². The molecule has 0 aliphatic carbocycles. The molecule has 2 aliphatic heterocycles. The molecule has 2 fully saturated rings. The van der Waals surface area contributed by atoms with Crippen LogP contribution in [0.5, 0.6) is 0 Å². The molecule has 1 aromatic heterocycles. The maximum Gasteiger partial charge on any atom is 0.228 e. The van der Waals surface area contributed by atoms with Gasteiger partial charge in [0.2, 0.25) is 5.91 Å². The SMILES string of the molecule is C=CCC(=O)Nc1cnc(N2CCN(C3CCN(Cc4ccc(Cl)cc4F)CC3)[C@@H](CC)C2)c(Cl)c1. The van der Waals surface area contributed by atoms with E-state index in [2.05, 4.69) is 38.5 Å². The minimum Gasteiger partial charge on any atom is -0.353 e. The average Bonchev–Trinajstić information content (AvgIpc) is 2.86. The molecule has 2 saturated heterocycles. The number of pyridine rings is 1. The Kier molecular flexibility index (Phi) is 9.23. The van der Waals surface area contributed by atoms with Crippen LogP contribution in [0, 0.1) is 5.82 Å². The Bertz CT molecular complexity index is 1080. The number of halogens is 3. The molecule has 2 aromatic rings. The highest BCUT2D eigenvalue weighted by Crippen LogP contribution is 2.31. The molecule has 0 radical (unpaired) electrons. The molecule has 0 unspecified atom stereocenters. The summed E-state index contributed by atoms with van der Waals surface area (Å²) in [4.78, 5) is 23.6. The van der Waals surface area contributed by atoms with Gasteiger partial charge in [-0.15, -0.1) is 6.58 Å². The first-order valence-corrected chi connectivity index (χ1v) is 13.4. The molecular weight excluding hydrogens is 500 g/mol. The smallest absolute Gasteiger partial charge is 0.228 e. The quantitative estimate of drug-likeness (QED) is 0.447. The van der Waals surface area contributed by atoms with Crippen molar-refractivity contribution < 1.29 is 9.18 Å². The van der Waals surface area contributed by atoms with Crippen molar-refractivity contribution in [1.29, 1.82) is 0 Å². The Balaban J connectivity index is 1.32. The van der Waals surface area contributed by atoms with Crippen LogP contribution in [-0.4, -0.2) is 65.5 Å². The van der Waals surface area contributed by atoms with Crippen LogP contribution in [-0.2, 0) is 11.3 Å². The molecule has 3 heterocycles. The zero-order valence-corrected chi connectivity index (χ0v) is 22.2. The van der Waals surface area contributed by atoms with Gasteiger partial charge < -0.3 is 10.2 Å². The van der Waals surface area contributed by atoms with Gasteiger partial charge >= 0.3 is 0 Å². The predicted molar refractivity (Wildman–Crippen MR) is 145 cm³/mol. The summed E-state index contributed by atoms with van der Waals surface area (Å²) < 4.78 is 14.2. The predicted octanol–water partition coefficient (Wildman–Crippen LogP) is 5.61. The zero-order chi connectivity index (χ0) is 25.7. The summed E-state index contributed by atoms with van der Waals surface area (Å²) in [5.41, 5.74) is 1.29. The Hall–Kier alpha value is -2.19. The van der Waals surface area contributed by atoms with E-state index in [1.807, 2.05) is 0 Å². The van der Waals surface area contributed by atoms with E-state index in [9.17, 15) is 9.18 Å². The highest BCUT2D eigenvalue weighted by atomic mass is 35.5. The number of piperidine rings is 1. The largest absolute Gasteiger partial charge is 0.353 e. The van der Waals surface area contributed by atoms with Gasteiger partial charge in [-0.3, -0.25) is 14.6 Å². The van der Waals surface area contributed by atoms with Gasteiger partial charge in [0.05, 0.1) is 16.9 Å². The van der Waals surface area contributed by atoms with E-state index < -0.39 is 0 Å². The second-order valence-electron chi connectivity index (χ2n) is 9.56. The number of nitrogens with zero attached hydrogens (tertiary/aromatic N) is 4. The summed E-state index contributed by atoms with van der Waals surface area (Å²) in [6, 6.07) is 7.63. The monoisotopic (exact) mass is 533 g/mol. The van der Waals surface area contributed by atoms with E-state index in [1.54, 1.807) is 30.5 Å². The molecular formula is C27H34Cl2FN5O. The topological polar surface area (TPSA) is 51.7 Å². The average molecular weight is 535 g/mol. The van der Waals surface area contributed by atoms with Gasteiger partial charge in [-0.1, -0.05) is 42.3 Å². The lowest BCUT2D eigenvalue weighted by atomic mass is 9.97. The van der Waals surface area contributed by atoms with Gasteiger partial charge in [0, 0.05) is 55.3 Å². The second kappa shape index (κ2) is 12.4. The van der Waals surface area contributed by atoms with Gasteiger partial charge in [-0.2, -0.15) is 0 Å². The fraction of sp³-hybridized carbons (Fsp3) is 0.481. The number of benzene rings is 1. The lowest BCUT2D eigenvalue weighted by Gasteiger charge is -2.47. The van der Waals surface area contributed by atoms with Crippen molar-refractivity contribution in [3.05, 3.63) is 64.5 Å². The molecule has 194 valence electrons.